The molecule has 4 heteroatoms. The topological polar surface area (TPSA) is 41.1 Å². The number of hydrogen-bond donors (Lipinski definition) is 2. The van der Waals surface area contributed by atoms with Crippen LogP contribution in [0.3, 0.4) is 0 Å². The average Bonchev–Trinajstić information content (AvgIpc) is 3.35. The molecular weight excluding hydrogens is 320 g/mol. The van der Waals surface area contributed by atoms with Gasteiger partial charge in [-0.15, -0.1) is 12.4 Å². The fourth-order valence-electron chi connectivity index (χ4n) is 3.11. The Morgan fingerprint density at radius 3 is 2.58 bits per heavy atom. The Kier molecular flexibility index (Phi) is 6.41. The molecule has 0 spiro atoms. The molecule has 0 heterocycles. The SMILES string of the molecule is CCNCc1ccccc1NC(=O)C1CC1c1ccccc1C.Cl. The highest BCUT2D eigenvalue weighted by molar-refractivity contribution is 5.95. The Morgan fingerprint density at radius 1 is 1.12 bits per heavy atom. The number of hydrogen-bond acceptors (Lipinski definition) is 2. The van der Waals surface area contributed by atoms with Crippen molar-refractivity contribution in [2.45, 2.75) is 32.7 Å². The molecule has 2 unspecified atom stereocenters. The van der Waals surface area contributed by atoms with Gasteiger partial charge in [-0.1, -0.05) is 49.4 Å². The zero-order valence-electron chi connectivity index (χ0n) is 14.2. The lowest BCUT2D eigenvalue weighted by atomic mass is 10.0. The molecule has 1 aliphatic rings. The van der Waals surface area contributed by atoms with Gasteiger partial charge in [0, 0.05) is 18.2 Å². The standard InChI is InChI=1S/C20H24N2O.ClH/c1-3-21-13-15-9-5-7-11-19(15)22-20(23)18-12-17(18)16-10-6-4-8-14(16)2;/h4-11,17-18,21H,3,12-13H2,1-2H3,(H,22,23);1H. The lowest BCUT2D eigenvalue weighted by molar-refractivity contribution is -0.117. The fourth-order valence-corrected chi connectivity index (χ4v) is 3.11. The number of nitrogens with one attached hydrogen (secondary N) is 2. The third-order valence-corrected chi connectivity index (χ3v) is 4.56. The molecule has 3 rings (SSSR count). The van der Waals surface area contributed by atoms with Crippen molar-refractivity contribution in [3.8, 4) is 0 Å². The molecule has 128 valence electrons. The monoisotopic (exact) mass is 344 g/mol. The average molecular weight is 345 g/mol. The maximum Gasteiger partial charge on any atom is 0.228 e. The molecule has 0 aliphatic heterocycles. The lowest BCUT2D eigenvalue weighted by Crippen LogP contribution is -2.18. The Hall–Kier alpha value is -1.84. The van der Waals surface area contributed by atoms with Crippen LogP contribution in [0.5, 0.6) is 0 Å². The summed E-state index contributed by atoms with van der Waals surface area (Å²) in [5.41, 5.74) is 4.65. The summed E-state index contributed by atoms with van der Waals surface area (Å²) >= 11 is 0. The number of benzene rings is 2. The van der Waals surface area contributed by atoms with E-state index in [1.165, 1.54) is 11.1 Å². The number of carbonyl (C=O) groups excluding carboxylic acids is 1. The Morgan fingerprint density at radius 2 is 1.83 bits per heavy atom. The van der Waals surface area contributed by atoms with E-state index in [-0.39, 0.29) is 24.2 Å². The van der Waals surface area contributed by atoms with Crippen LogP contribution in [0.2, 0.25) is 0 Å². The van der Waals surface area contributed by atoms with E-state index in [2.05, 4.69) is 48.7 Å². The first kappa shape index (κ1) is 18.5. The zero-order valence-corrected chi connectivity index (χ0v) is 15.0. The number of amides is 1. The molecule has 1 amide bonds. The van der Waals surface area contributed by atoms with Crippen molar-refractivity contribution in [1.29, 1.82) is 0 Å². The first-order valence-electron chi connectivity index (χ1n) is 8.35. The maximum atomic E-state index is 12.6. The fraction of sp³-hybridized carbons (Fsp3) is 0.350. The minimum Gasteiger partial charge on any atom is -0.326 e. The smallest absolute Gasteiger partial charge is 0.228 e. The highest BCUT2D eigenvalue weighted by Gasteiger charge is 2.44. The van der Waals surface area contributed by atoms with Gasteiger partial charge < -0.3 is 10.6 Å². The Bertz CT molecular complexity index is 702. The molecule has 2 atom stereocenters. The van der Waals surface area contributed by atoms with E-state index in [0.717, 1.165) is 30.8 Å². The van der Waals surface area contributed by atoms with Crippen molar-refractivity contribution < 1.29 is 4.79 Å². The van der Waals surface area contributed by atoms with Crippen LogP contribution in [0.25, 0.3) is 0 Å². The highest BCUT2D eigenvalue weighted by atomic mass is 35.5. The molecule has 2 aromatic carbocycles. The molecule has 0 aromatic heterocycles. The van der Waals surface area contributed by atoms with Crippen LogP contribution in [-0.2, 0) is 11.3 Å². The molecular formula is C20H25ClN2O. The van der Waals surface area contributed by atoms with E-state index in [4.69, 9.17) is 0 Å². The first-order chi connectivity index (χ1) is 11.2. The zero-order chi connectivity index (χ0) is 16.2. The predicted octanol–water partition coefficient (Wildman–Crippen LogP) is 4.27. The largest absolute Gasteiger partial charge is 0.326 e. The van der Waals surface area contributed by atoms with E-state index in [1.807, 2.05) is 24.3 Å². The van der Waals surface area contributed by atoms with E-state index >= 15 is 0 Å². The molecule has 1 aliphatic carbocycles. The van der Waals surface area contributed by atoms with Crippen molar-refractivity contribution in [2.75, 3.05) is 11.9 Å². The van der Waals surface area contributed by atoms with Crippen LogP contribution in [0, 0.1) is 12.8 Å². The van der Waals surface area contributed by atoms with Gasteiger partial charge in [0.05, 0.1) is 0 Å². The summed E-state index contributed by atoms with van der Waals surface area (Å²) in [5.74, 6) is 0.614. The first-order valence-corrected chi connectivity index (χ1v) is 8.35. The molecule has 2 aromatic rings. The normalized spacial score (nSPS) is 18.6. The van der Waals surface area contributed by atoms with Crippen LogP contribution in [-0.4, -0.2) is 12.5 Å². The lowest BCUT2D eigenvalue weighted by Gasteiger charge is -2.11. The summed E-state index contributed by atoms with van der Waals surface area (Å²) in [5, 5.41) is 6.44. The summed E-state index contributed by atoms with van der Waals surface area (Å²) in [6.45, 7) is 5.89. The summed E-state index contributed by atoms with van der Waals surface area (Å²) in [6.07, 6.45) is 0.950. The van der Waals surface area contributed by atoms with Crippen LogP contribution in [0.1, 0.15) is 36.0 Å². The van der Waals surface area contributed by atoms with Crippen LogP contribution >= 0.6 is 12.4 Å². The van der Waals surface area contributed by atoms with Gasteiger partial charge in [0.25, 0.3) is 0 Å². The Balaban J connectivity index is 0.00000208. The second-order valence-corrected chi connectivity index (χ2v) is 6.23. The van der Waals surface area contributed by atoms with E-state index in [1.54, 1.807) is 0 Å². The van der Waals surface area contributed by atoms with Gasteiger partial charge >= 0.3 is 0 Å². The van der Waals surface area contributed by atoms with Crippen molar-refractivity contribution in [3.05, 3.63) is 65.2 Å². The van der Waals surface area contributed by atoms with Crippen LogP contribution in [0.15, 0.2) is 48.5 Å². The van der Waals surface area contributed by atoms with Gasteiger partial charge in [-0.05, 0) is 48.6 Å². The maximum absolute atomic E-state index is 12.6. The second kappa shape index (κ2) is 8.32. The molecule has 0 saturated heterocycles. The summed E-state index contributed by atoms with van der Waals surface area (Å²) in [7, 11) is 0. The van der Waals surface area contributed by atoms with Gasteiger partial charge in [-0.3, -0.25) is 4.79 Å². The molecule has 1 fully saturated rings. The molecule has 1 saturated carbocycles. The van der Waals surface area contributed by atoms with Gasteiger partial charge in [0.15, 0.2) is 0 Å². The van der Waals surface area contributed by atoms with E-state index in [0.29, 0.717) is 5.92 Å². The van der Waals surface area contributed by atoms with Crippen molar-refractivity contribution in [2.24, 2.45) is 5.92 Å². The number of carbonyl (C=O) groups is 1. The van der Waals surface area contributed by atoms with Crippen molar-refractivity contribution in [1.82, 2.24) is 5.32 Å². The number of rotatable bonds is 6. The highest BCUT2D eigenvalue weighted by Crippen LogP contribution is 2.49. The van der Waals surface area contributed by atoms with Gasteiger partial charge in [-0.25, -0.2) is 0 Å². The summed E-state index contributed by atoms with van der Waals surface area (Å²) in [4.78, 5) is 12.6. The van der Waals surface area contributed by atoms with Gasteiger partial charge in [0.1, 0.15) is 0 Å². The molecule has 2 N–H and O–H groups in total. The third-order valence-electron chi connectivity index (χ3n) is 4.56. The summed E-state index contributed by atoms with van der Waals surface area (Å²) < 4.78 is 0. The number of para-hydroxylation sites is 1. The number of anilines is 1. The van der Waals surface area contributed by atoms with E-state index in [9.17, 15) is 4.79 Å². The minimum atomic E-state index is 0. The Labute approximate surface area is 150 Å². The molecule has 0 radical (unpaired) electrons. The summed E-state index contributed by atoms with van der Waals surface area (Å²) in [6, 6.07) is 16.4. The molecule has 24 heavy (non-hydrogen) atoms. The number of halogens is 1. The number of aryl methyl sites for hydroxylation is 1. The van der Waals surface area contributed by atoms with Gasteiger partial charge in [0.2, 0.25) is 5.91 Å². The quantitative estimate of drug-likeness (QED) is 0.821. The molecule has 3 nitrogen and oxygen atoms in total. The molecule has 0 bridgehead atoms. The van der Waals surface area contributed by atoms with Crippen LogP contribution in [0.4, 0.5) is 5.69 Å². The third kappa shape index (κ3) is 4.16. The van der Waals surface area contributed by atoms with Crippen LogP contribution < -0.4 is 10.6 Å². The van der Waals surface area contributed by atoms with Gasteiger partial charge in [-0.2, -0.15) is 0 Å². The van der Waals surface area contributed by atoms with Crippen molar-refractivity contribution >= 4 is 24.0 Å². The minimum absolute atomic E-state index is 0. The van der Waals surface area contributed by atoms with Crippen molar-refractivity contribution in [3.63, 3.8) is 0 Å². The second-order valence-electron chi connectivity index (χ2n) is 6.23. The predicted molar refractivity (Wildman–Crippen MR) is 102 cm³/mol. The van der Waals surface area contributed by atoms with E-state index < -0.39 is 0 Å².